The van der Waals surface area contributed by atoms with Crippen molar-refractivity contribution in [2.75, 3.05) is 18.0 Å². The van der Waals surface area contributed by atoms with Crippen molar-refractivity contribution >= 4 is 36.5 Å². The molecule has 1 atom stereocenters. The van der Waals surface area contributed by atoms with Gasteiger partial charge in [-0.15, -0.1) is 24.8 Å². The molecule has 7 heteroatoms. The zero-order chi connectivity index (χ0) is 15.2. The number of aromatic nitrogens is 1. The fourth-order valence-corrected chi connectivity index (χ4v) is 2.62. The van der Waals surface area contributed by atoms with Crippen molar-refractivity contribution in [2.45, 2.75) is 45.7 Å². The van der Waals surface area contributed by atoms with Gasteiger partial charge in [0.05, 0.1) is 6.04 Å². The summed E-state index contributed by atoms with van der Waals surface area (Å²) in [5.41, 5.74) is 6.95. The average molecular weight is 363 g/mol. The number of nitrogens with one attached hydrogen (secondary N) is 1. The van der Waals surface area contributed by atoms with Gasteiger partial charge in [0.15, 0.2) is 0 Å². The van der Waals surface area contributed by atoms with E-state index in [9.17, 15) is 4.79 Å². The van der Waals surface area contributed by atoms with Crippen molar-refractivity contribution in [3.05, 3.63) is 23.9 Å². The number of amides is 1. The highest BCUT2D eigenvalue weighted by molar-refractivity contribution is 5.85. The number of hydrogen-bond acceptors (Lipinski definition) is 4. The third-order valence-corrected chi connectivity index (χ3v) is 3.77. The molecule has 1 amide bonds. The molecular formula is C16H28Cl2N4O. The van der Waals surface area contributed by atoms with Gasteiger partial charge < -0.3 is 16.0 Å². The van der Waals surface area contributed by atoms with E-state index in [0.29, 0.717) is 18.9 Å². The van der Waals surface area contributed by atoms with Crippen LogP contribution in [-0.4, -0.2) is 30.0 Å². The number of pyridine rings is 1. The summed E-state index contributed by atoms with van der Waals surface area (Å²) in [6.45, 7) is 6.79. The zero-order valence-corrected chi connectivity index (χ0v) is 15.5. The lowest BCUT2D eigenvalue weighted by Gasteiger charge is -2.17. The van der Waals surface area contributed by atoms with Crippen molar-refractivity contribution in [3.63, 3.8) is 0 Å². The van der Waals surface area contributed by atoms with Crippen LogP contribution in [0, 0.1) is 5.92 Å². The molecule has 1 aliphatic rings. The number of rotatable bonds is 6. The van der Waals surface area contributed by atoms with Gasteiger partial charge in [-0.2, -0.15) is 0 Å². The first-order valence-corrected chi connectivity index (χ1v) is 7.79. The van der Waals surface area contributed by atoms with Crippen LogP contribution < -0.4 is 16.0 Å². The van der Waals surface area contributed by atoms with Crippen LogP contribution in [-0.2, 0) is 11.3 Å². The van der Waals surface area contributed by atoms with E-state index >= 15 is 0 Å². The summed E-state index contributed by atoms with van der Waals surface area (Å²) in [6, 6.07) is 3.57. The van der Waals surface area contributed by atoms with Gasteiger partial charge in [0.1, 0.15) is 5.82 Å². The van der Waals surface area contributed by atoms with Crippen molar-refractivity contribution in [1.82, 2.24) is 10.3 Å². The number of nitrogens with two attached hydrogens (primary N) is 1. The van der Waals surface area contributed by atoms with Gasteiger partial charge in [0.25, 0.3) is 0 Å². The van der Waals surface area contributed by atoms with E-state index in [-0.39, 0.29) is 30.7 Å². The number of carbonyl (C=O) groups excluding carboxylic acids is 1. The van der Waals surface area contributed by atoms with E-state index in [4.69, 9.17) is 5.73 Å². The Hall–Kier alpha value is -1.04. The summed E-state index contributed by atoms with van der Waals surface area (Å²) in [4.78, 5) is 18.6. The molecule has 0 unspecified atom stereocenters. The fraction of sp³-hybridized carbons (Fsp3) is 0.625. The zero-order valence-electron chi connectivity index (χ0n) is 13.8. The maximum absolute atomic E-state index is 11.9. The second kappa shape index (κ2) is 10.7. The predicted molar refractivity (Wildman–Crippen MR) is 99.5 cm³/mol. The van der Waals surface area contributed by atoms with Crippen molar-refractivity contribution in [3.8, 4) is 0 Å². The van der Waals surface area contributed by atoms with Crippen LogP contribution in [0.1, 0.15) is 38.7 Å². The minimum absolute atomic E-state index is 0. The molecule has 0 aliphatic carbocycles. The van der Waals surface area contributed by atoms with Crippen molar-refractivity contribution in [2.24, 2.45) is 11.7 Å². The molecule has 2 rings (SSSR count). The first kappa shape index (κ1) is 22.0. The summed E-state index contributed by atoms with van der Waals surface area (Å²) in [5.74, 6) is 1.35. The molecule has 0 saturated carbocycles. The number of halogens is 2. The van der Waals surface area contributed by atoms with E-state index in [1.54, 1.807) is 0 Å². The fourth-order valence-electron chi connectivity index (χ4n) is 2.62. The molecule has 1 aromatic heterocycles. The Kier molecular flexibility index (Phi) is 10.2. The van der Waals surface area contributed by atoms with Gasteiger partial charge in [-0.05, 0) is 42.9 Å². The Morgan fingerprint density at radius 1 is 1.35 bits per heavy atom. The predicted octanol–water partition coefficient (Wildman–Crippen LogP) is 2.52. The number of hydrogen-bond donors (Lipinski definition) is 2. The maximum Gasteiger partial charge on any atom is 0.237 e. The molecule has 0 bridgehead atoms. The molecule has 0 aromatic carbocycles. The second-order valence-corrected chi connectivity index (χ2v) is 6.17. The molecule has 2 heterocycles. The largest absolute Gasteiger partial charge is 0.357 e. The maximum atomic E-state index is 11.9. The highest BCUT2D eigenvalue weighted by Gasteiger charge is 2.16. The Balaban J connectivity index is 0.00000242. The Labute approximate surface area is 151 Å². The SMILES string of the molecule is CC(C)C[C@H](N)C(=O)NCc1ccnc(N2CCCC2)c1.Cl.Cl. The third-order valence-electron chi connectivity index (χ3n) is 3.77. The number of nitrogens with zero attached hydrogens (tertiary/aromatic N) is 2. The number of carbonyl (C=O) groups is 1. The highest BCUT2D eigenvalue weighted by Crippen LogP contribution is 2.18. The Morgan fingerprint density at radius 2 is 2.00 bits per heavy atom. The van der Waals surface area contributed by atoms with Gasteiger partial charge >= 0.3 is 0 Å². The molecule has 1 aliphatic heterocycles. The van der Waals surface area contributed by atoms with Crippen LogP contribution in [0.4, 0.5) is 5.82 Å². The monoisotopic (exact) mass is 362 g/mol. The molecule has 0 spiro atoms. The van der Waals surface area contributed by atoms with Crippen molar-refractivity contribution < 1.29 is 4.79 Å². The van der Waals surface area contributed by atoms with Gasteiger partial charge in [0, 0.05) is 25.8 Å². The molecule has 5 nitrogen and oxygen atoms in total. The molecular weight excluding hydrogens is 335 g/mol. The summed E-state index contributed by atoms with van der Waals surface area (Å²) in [6.07, 6.45) is 4.98. The van der Waals surface area contributed by atoms with E-state index < -0.39 is 6.04 Å². The molecule has 23 heavy (non-hydrogen) atoms. The minimum atomic E-state index is -0.426. The van der Waals surface area contributed by atoms with E-state index in [1.807, 2.05) is 12.3 Å². The topological polar surface area (TPSA) is 71.2 Å². The lowest BCUT2D eigenvalue weighted by Crippen LogP contribution is -2.41. The lowest BCUT2D eigenvalue weighted by molar-refractivity contribution is -0.122. The molecule has 1 saturated heterocycles. The van der Waals surface area contributed by atoms with E-state index in [0.717, 1.165) is 24.5 Å². The molecule has 1 fully saturated rings. The summed E-state index contributed by atoms with van der Waals surface area (Å²) >= 11 is 0. The van der Waals surface area contributed by atoms with Gasteiger partial charge in [-0.3, -0.25) is 4.79 Å². The van der Waals surface area contributed by atoms with Crippen LogP contribution >= 0.6 is 24.8 Å². The van der Waals surface area contributed by atoms with Crippen LogP contribution in [0.2, 0.25) is 0 Å². The molecule has 132 valence electrons. The average Bonchev–Trinajstić information content (AvgIpc) is 2.98. The van der Waals surface area contributed by atoms with E-state index in [1.165, 1.54) is 12.8 Å². The molecule has 3 N–H and O–H groups in total. The van der Waals surface area contributed by atoms with E-state index in [2.05, 4.69) is 35.1 Å². The smallest absolute Gasteiger partial charge is 0.237 e. The third kappa shape index (κ3) is 6.94. The minimum Gasteiger partial charge on any atom is -0.357 e. The summed E-state index contributed by atoms with van der Waals surface area (Å²) in [7, 11) is 0. The summed E-state index contributed by atoms with van der Waals surface area (Å²) in [5, 5.41) is 2.91. The van der Waals surface area contributed by atoms with Crippen molar-refractivity contribution in [1.29, 1.82) is 0 Å². The Morgan fingerprint density at radius 3 is 2.61 bits per heavy atom. The Bertz CT molecular complexity index is 479. The van der Waals surface area contributed by atoms with Gasteiger partial charge in [-0.1, -0.05) is 13.8 Å². The van der Waals surface area contributed by atoms with Gasteiger partial charge in [-0.25, -0.2) is 4.98 Å². The van der Waals surface area contributed by atoms with Crippen LogP contribution in [0.5, 0.6) is 0 Å². The van der Waals surface area contributed by atoms with Crippen LogP contribution in [0.25, 0.3) is 0 Å². The summed E-state index contributed by atoms with van der Waals surface area (Å²) < 4.78 is 0. The standard InChI is InChI=1S/C16H26N4O.2ClH/c1-12(2)9-14(17)16(21)19-11-13-5-6-18-15(10-13)20-7-3-4-8-20;;/h5-6,10,12,14H,3-4,7-9,11,17H2,1-2H3,(H,19,21);2*1H/t14-;;/m0../s1. The first-order valence-electron chi connectivity index (χ1n) is 7.79. The first-order chi connectivity index (χ1) is 10.1. The van der Waals surface area contributed by atoms with Crippen LogP contribution in [0.15, 0.2) is 18.3 Å². The quantitative estimate of drug-likeness (QED) is 0.815. The second-order valence-electron chi connectivity index (χ2n) is 6.17. The normalized spacial score (nSPS) is 14.9. The highest BCUT2D eigenvalue weighted by atomic mass is 35.5. The van der Waals surface area contributed by atoms with Gasteiger partial charge in [0.2, 0.25) is 5.91 Å². The molecule has 0 radical (unpaired) electrons. The lowest BCUT2D eigenvalue weighted by atomic mass is 10.0. The molecule has 1 aromatic rings. The van der Waals surface area contributed by atoms with Crippen LogP contribution in [0.3, 0.4) is 0 Å². The number of anilines is 1.